The van der Waals surface area contributed by atoms with Crippen molar-refractivity contribution in [1.82, 2.24) is 19.9 Å². The Morgan fingerprint density at radius 3 is 0.600 bits per heavy atom. The molecule has 0 atom stereocenters. The quantitative estimate of drug-likeness (QED) is 0.0489. The van der Waals surface area contributed by atoms with Gasteiger partial charge >= 0.3 is 0 Å². The van der Waals surface area contributed by atoms with Crippen molar-refractivity contribution in [2.75, 3.05) is 52.9 Å². The molecule has 0 aliphatic carbocycles. The van der Waals surface area contributed by atoms with E-state index in [2.05, 4.69) is 162 Å². The number of nitrogens with zero attached hydrogens (tertiary/aromatic N) is 2. The maximum absolute atomic E-state index is 6.39. The fourth-order valence-corrected chi connectivity index (χ4v) is 9.71. The average Bonchev–Trinajstić information content (AvgIpc) is 4.42. The Morgan fingerprint density at radius 2 is 0.438 bits per heavy atom. The Labute approximate surface area is 472 Å². The van der Waals surface area contributed by atoms with Crippen molar-refractivity contribution in [3.8, 4) is 90.5 Å². The van der Waals surface area contributed by atoms with E-state index in [1.807, 2.05) is 24.3 Å². The molecule has 0 amide bonds. The number of fused-ring (bicyclic) bond motifs is 8. The van der Waals surface area contributed by atoms with Crippen LogP contribution in [-0.2, 0) is 0 Å². The molecule has 12 nitrogen and oxygen atoms in total. The van der Waals surface area contributed by atoms with Gasteiger partial charge in [0.05, 0.1) is 75.6 Å². The lowest BCUT2D eigenvalue weighted by molar-refractivity contribution is 0.301. The molecule has 7 aromatic rings. The smallest absolute Gasteiger partial charge is 0.123 e. The van der Waals surface area contributed by atoms with Gasteiger partial charge < -0.3 is 47.9 Å². The van der Waals surface area contributed by atoms with Crippen molar-refractivity contribution >= 4 is 46.4 Å². The van der Waals surface area contributed by atoms with Crippen molar-refractivity contribution < 1.29 is 37.9 Å². The van der Waals surface area contributed by atoms with Crippen molar-refractivity contribution in [2.24, 2.45) is 0 Å². The second kappa shape index (κ2) is 27.7. The van der Waals surface area contributed by atoms with Crippen molar-refractivity contribution in [2.45, 2.75) is 107 Å². The van der Waals surface area contributed by atoms with Gasteiger partial charge in [-0.3, -0.25) is 0 Å². The molecule has 0 radical (unpaired) electrons. The van der Waals surface area contributed by atoms with E-state index in [1.54, 1.807) is 0 Å². The third kappa shape index (κ3) is 13.6. The summed E-state index contributed by atoms with van der Waals surface area (Å²) in [4.78, 5) is 19.2. The lowest BCUT2D eigenvalue weighted by Crippen LogP contribution is -2.00. The molecule has 8 bridgehead atoms. The SMILES string of the molecule is CCCOc1cc(OCCC)cc(-c2c3nc(c(-c4cc(OCCC)cc(OCCC)c4)c4ccc([nH]4)c(-c4cc(OCCC)cc(OCCC)c4)c4nc(c(-c5cc(OCCC)cc(OCCC)c5)c5ccc2[nH]5)C=C4)C=C3)c1. The van der Waals surface area contributed by atoms with Crippen LogP contribution in [0.3, 0.4) is 0 Å². The maximum Gasteiger partial charge on any atom is 0.123 e. The Kier molecular flexibility index (Phi) is 19.6. The van der Waals surface area contributed by atoms with Crippen LogP contribution < -0.4 is 37.9 Å². The molecule has 9 rings (SSSR count). The van der Waals surface area contributed by atoms with E-state index in [0.29, 0.717) is 98.9 Å². The van der Waals surface area contributed by atoms with Gasteiger partial charge in [-0.1, -0.05) is 55.4 Å². The Balaban J connectivity index is 1.46. The molecule has 0 fully saturated rings. The zero-order valence-corrected chi connectivity index (χ0v) is 48.0. The van der Waals surface area contributed by atoms with E-state index in [4.69, 9.17) is 47.9 Å². The number of nitrogens with one attached hydrogen (secondary N) is 2. The zero-order valence-electron chi connectivity index (χ0n) is 48.0. The van der Waals surface area contributed by atoms with Crippen molar-refractivity contribution in [3.05, 3.63) is 120 Å². The molecular formula is C68H78N4O8. The van der Waals surface area contributed by atoms with E-state index in [-0.39, 0.29) is 0 Å². The first-order valence-corrected chi connectivity index (χ1v) is 29.1. The summed E-state index contributed by atoms with van der Waals surface area (Å²) in [7, 11) is 0. The lowest BCUT2D eigenvalue weighted by atomic mass is 10.0. The number of hydrogen-bond acceptors (Lipinski definition) is 10. The molecule has 2 aliphatic rings. The molecule has 3 aromatic heterocycles. The Morgan fingerprint density at radius 1 is 0.263 bits per heavy atom. The summed E-state index contributed by atoms with van der Waals surface area (Å²) in [6.07, 6.45) is 15.2. The summed E-state index contributed by atoms with van der Waals surface area (Å²) in [6.45, 7) is 21.3. The van der Waals surface area contributed by atoms with E-state index < -0.39 is 0 Å². The van der Waals surface area contributed by atoms with Gasteiger partial charge in [0.15, 0.2) is 0 Å². The zero-order chi connectivity index (χ0) is 55.8. The van der Waals surface area contributed by atoms with Crippen LogP contribution in [0, 0.1) is 0 Å². The minimum Gasteiger partial charge on any atom is -0.493 e. The molecule has 0 saturated carbocycles. The number of benzene rings is 4. The molecule has 0 spiro atoms. The van der Waals surface area contributed by atoms with Gasteiger partial charge in [-0.15, -0.1) is 0 Å². The van der Waals surface area contributed by atoms with Gasteiger partial charge in [0.1, 0.15) is 46.0 Å². The molecule has 0 unspecified atom stereocenters. The molecule has 418 valence electrons. The number of ether oxygens (including phenoxy) is 8. The normalized spacial score (nSPS) is 11.7. The molecule has 5 heterocycles. The van der Waals surface area contributed by atoms with Crippen LogP contribution in [0.25, 0.3) is 90.9 Å². The summed E-state index contributed by atoms with van der Waals surface area (Å²) in [5.74, 6) is 5.71. The Hall–Kier alpha value is -8.12. The predicted molar refractivity (Wildman–Crippen MR) is 327 cm³/mol. The van der Waals surface area contributed by atoms with Gasteiger partial charge in [-0.25, -0.2) is 9.97 Å². The van der Waals surface area contributed by atoms with E-state index in [9.17, 15) is 0 Å². The highest BCUT2D eigenvalue weighted by Gasteiger charge is 2.22. The van der Waals surface area contributed by atoms with Crippen LogP contribution in [0.5, 0.6) is 46.0 Å². The number of aromatic nitrogens is 4. The number of aromatic amines is 2. The standard InChI is InChI=1S/C68H78N4O8/c1-9-25-73-49-33-45(34-50(41-49)74-26-10-2)65-57-17-19-59(69-57)66(46-35-51(75-27-11-3)42-52(36-46)76-28-12-4)61-21-23-63(71-61)68(48-39-55(79-31-15-7)44-56(40-48)80-32-16-8)64-24-22-62(72-64)67(60-20-18-58(65)70-60)47-37-53(77-29-13-5)43-54(38-47)78-30-14-6/h17-24,33-44,69,72H,9-16,25-32H2,1-8H3. The van der Waals surface area contributed by atoms with Crippen LogP contribution in [0.4, 0.5) is 0 Å². The molecule has 12 heteroatoms. The second-order valence-corrected chi connectivity index (χ2v) is 20.1. The van der Waals surface area contributed by atoms with E-state index in [1.165, 1.54) is 0 Å². The number of rotatable bonds is 28. The molecule has 0 saturated heterocycles. The first-order valence-electron chi connectivity index (χ1n) is 29.1. The summed E-state index contributed by atoms with van der Waals surface area (Å²) in [5.41, 5.74) is 13.3. The van der Waals surface area contributed by atoms with Gasteiger partial charge in [0.25, 0.3) is 0 Å². The fraction of sp³-hybridized carbons (Fsp3) is 0.353. The summed E-state index contributed by atoms with van der Waals surface area (Å²) in [6, 6.07) is 33.1. The highest BCUT2D eigenvalue weighted by atomic mass is 16.5. The Bertz CT molecular complexity index is 2930. The minimum absolute atomic E-state index is 0.557. The van der Waals surface area contributed by atoms with Crippen molar-refractivity contribution in [3.63, 3.8) is 0 Å². The summed E-state index contributed by atoms with van der Waals surface area (Å²) < 4.78 is 51.1. The first-order chi connectivity index (χ1) is 39.3. The second-order valence-electron chi connectivity index (χ2n) is 20.1. The number of H-pyrrole nitrogens is 2. The maximum atomic E-state index is 6.39. The van der Waals surface area contributed by atoms with Gasteiger partial charge in [0.2, 0.25) is 0 Å². The highest BCUT2D eigenvalue weighted by molar-refractivity contribution is 6.00. The van der Waals surface area contributed by atoms with Gasteiger partial charge in [-0.05, 0) is 171 Å². The predicted octanol–water partition coefficient (Wildman–Crippen LogP) is 17.6. The molecule has 80 heavy (non-hydrogen) atoms. The van der Waals surface area contributed by atoms with Gasteiger partial charge in [0, 0.05) is 68.6 Å². The van der Waals surface area contributed by atoms with Crippen LogP contribution >= 0.6 is 0 Å². The fourth-order valence-electron chi connectivity index (χ4n) is 9.71. The molecule has 2 N–H and O–H groups in total. The van der Waals surface area contributed by atoms with E-state index >= 15 is 0 Å². The summed E-state index contributed by atoms with van der Waals surface area (Å²) in [5, 5.41) is 0. The molecule has 4 aromatic carbocycles. The average molecular weight is 1080 g/mol. The van der Waals surface area contributed by atoms with E-state index in [0.717, 1.165) is 141 Å². The molecule has 2 aliphatic heterocycles. The van der Waals surface area contributed by atoms with Gasteiger partial charge in [-0.2, -0.15) is 0 Å². The third-order valence-corrected chi connectivity index (χ3v) is 13.2. The summed E-state index contributed by atoms with van der Waals surface area (Å²) >= 11 is 0. The van der Waals surface area contributed by atoms with Crippen LogP contribution in [-0.4, -0.2) is 72.8 Å². The topological polar surface area (TPSA) is 131 Å². The highest BCUT2D eigenvalue weighted by Crippen LogP contribution is 2.43. The van der Waals surface area contributed by atoms with Crippen LogP contribution in [0.15, 0.2) is 97.1 Å². The minimum atomic E-state index is 0.557. The third-order valence-electron chi connectivity index (χ3n) is 13.2. The molecular weight excluding hydrogens is 1000 g/mol. The monoisotopic (exact) mass is 1080 g/mol. The number of hydrogen-bond donors (Lipinski definition) is 2. The lowest BCUT2D eigenvalue weighted by Gasteiger charge is -2.14. The first kappa shape index (κ1) is 56.6. The largest absolute Gasteiger partial charge is 0.493 e. The van der Waals surface area contributed by atoms with Crippen molar-refractivity contribution in [1.29, 1.82) is 0 Å². The van der Waals surface area contributed by atoms with Crippen LogP contribution in [0.1, 0.15) is 130 Å². The van der Waals surface area contributed by atoms with Crippen LogP contribution in [0.2, 0.25) is 0 Å².